The molecule has 0 radical (unpaired) electrons. The van der Waals surface area contributed by atoms with Crippen LogP contribution in [0.25, 0.3) is 0 Å². The van der Waals surface area contributed by atoms with Crippen LogP contribution in [0.2, 0.25) is 18.1 Å². The van der Waals surface area contributed by atoms with Gasteiger partial charge in [-0.2, -0.15) is 18.1 Å². The molecule has 9 heavy (non-hydrogen) atoms. The van der Waals surface area contributed by atoms with Crippen molar-refractivity contribution in [2.24, 2.45) is 0 Å². The Morgan fingerprint density at radius 1 is 0.889 bits per heavy atom. The maximum absolute atomic E-state index is 2.31. The molecule has 0 spiro atoms. The summed E-state index contributed by atoms with van der Waals surface area (Å²) in [6, 6.07) is 4.37. The molecule has 0 bridgehead atoms. The first-order chi connectivity index (χ1) is 3.35. The zero-order valence-electron chi connectivity index (χ0n) is 6.71. The van der Waals surface area contributed by atoms with Crippen molar-refractivity contribution in [3.05, 3.63) is 0 Å². The van der Waals surface area contributed by atoms with Crippen LogP contribution in [0, 0.1) is 0 Å². The quantitative estimate of drug-likeness (QED) is 0.543. The molecule has 0 aromatic carbocycles. The van der Waals surface area contributed by atoms with Gasteiger partial charge in [0.25, 0.3) is 0 Å². The van der Waals surface area contributed by atoms with Crippen molar-refractivity contribution in [1.82, 2.24) is 0 Å². The molecule has 0 aromatic heterocycles. The molecule has 0 heterocycles. The fourth-order valence-electron chi connectivity index (χ4n) is 0.750. The molecule has 52 valence electrons. The standard InChI is InChI=1S/C6H15Si.BrH.Mg/c1-4-7(5-2)6-3;;/h4-6H2,1-3H3;1H;/q-1;;+2/p-1. The van der Waals surface area contributed by atoms with Crippen molar-refractivity contribution in [1.29, 1.82) is 0 Å². The van der Waals surface area contributed by atoms with Gasteiger partial charge in [0.15, 0.2) is 0 Å². The Morgan fingerprint density at radius 3 is 1.11 bits per heavy atom. The van der Waals surface area contributed by atoms with Gasteiger partial charge in [-0.1, -0.05) is 20.8 Å². The molecule has 3 heteroatoms. The molecule has 0 aliphatic heterocycles. The average Bonchev–Trinajstić information content (AvgIpc) is 1.72. The maximum Gasteiger partial charge on any atom is 2.00 e. The normalized spacial score (nSPS) is 8.00. The summed E-state index contributed by atoms with van der Waals surface area (Å²) in [5.74, 6) is 0. The third-order valence-electron chi connectivity index (χ3n) is 1.50. The fraction of sp³-hybridized carbons (Fsp3) is 1.00. The van der Waals surface area contributed by atoms with Gasteiger partial charge in [0.05, 0.1) is 0 Å². The molecule has 0 aromatic rings. The minimum atomic E-state index is 0. The topological polar surface area (TPSA) is 0 Å². The van der Waals surface area contributed by atoms with Crippen molar-refractivity contribution in [3.8, 4) is 0 Å². The first kappa shape index (κ1) is 16.8. The first-order valence-electron chi connectivity index (χ1n) is 3.18. The Morgan fingerprint density at radius 2 is 1.11 bits per heavy atom. The van der Waals surface area contributed by atoms with E-state index in [1.165, 1.54) is 18.1 Å². The summed E-state index contributed by atoms with van der Waals surface area (Å²) in [5.41, 5.74) is 0. The van der Waals surface area contributed by atoms with Crippen LogP contribution in [0.15, 0.2) is 0 Å². The molecule has 0 atom stereocenters. The zero-order chi connectivity index (χ0) is 5.70. The molecule has 0 nitrogen and oxygen atoms in total. The Hall–Kier alpha value is 1.46. The largest absolute Gasteiger partial charge is 2.00 e. The molecule has 0 saturated carbocycles. The Labute approximate surface area is 87.3 Å². The van der Waals surface area contributed by atoms with Gasteiger partial charge in [-0.15, -0.1) is 0 Å². The molecule has 0 amide bonds. The van der Waals surface area contributed by atoms with E-state index >= 15 is 0 Å². The minimum Gasteiger partial charge on any atom is -1.00 e. The van der Waals surface area contributed by atoms with Gasteiger partial charge in [0.1, 0.15) is 0 Å². The minimum absolute atomic E-state index is 0. The van der Waals surface area contributed by atoms with Crippen LogP contribution < -0.4 is 17.0 Å². The summed E-state index contributed by atoms with van der Waals surface area (Å²) < 4.78 is 0. The van der Waals surface area contributed by atoms with Gasteiger partial charge in [-0.25, -0.2) is 0 Å². The van der Waals surface area contributed by atoms with Crippen molar-refractivity contribution in [2.75, 3.05) is 0 Å². The van der Waals surface area contributed by atoms with E-state index in [-0.39, 0.29) is 48.8 Å². The van der Waals surface area contributed by atoms with E-state index in [1.807, 2.05) is 0 Å². The summed E-state index contributed by atoms with van der Waals surface area (Å²) >= 11 is 0. The van der Waals surface area contributed by atoms with Gasteiger partial charge < -0.3 is 17.0 Å². The Balaban J connectivity index is -0.000000180. The third-order valence-corrected chi connectivity index (χ3v) is 4.50. The van der Waals surface area contributed by atoms with Gasteiger partial charge in [0.2, 0.25) is 0 Å². The SMILES string of the molecule is CC[Si-](CC)CC.[Br-].[Mg+2]. The van der Waals surface area contributed by atoms with Crippen LogP contribution in [-0.2, 0) is 0 Å². The second-order valence-electron chi connectivity index (χ2n) is 1.81. The van der Waals surface area contributed by atoms with Crippen molar-refractivity contribution >= 4 is 31.8 Å². The monoisotopic (exact) mass is 218 g/mol. The van der Waals surface area contributed by atoms with Gasteiger partial charge in [-0.05, 0) is 0 Å². The average molecular weight is 219 g/mol. The summed E-state index contributed by atoms with van der Waals surface area (Å²) in [5, 5.41) is 0. The second-order valence-corrected chi connectivity index (χ2v) is 5.43. The van der Waals surface area contributed by atoms with Gasteiger partial charge >= 0.3 is 23.1 Å². The van der Waals surface area contributed by atoms with Gasteiger partial charge in [-0.3, -0.25) is 8.80 Å². The molecular formula is C6H15BrMgSi. The first-order valence-corrected chi connectivity index (χ1v) is 5.30. The van der Waals surface area contributed by atoms with Crippen molar-refractivity contribution < 1.29 is 17.0 Å². The summed E-state index contributed by atoms with van der Waals surface area (Å²) in [7, 11) is 0.137. The van der Waals surface area contributed by atoms with Crippen LogP contribution >= 0.6 is 0 Å². The van der Waals surface area contributed by atoms with Crippen LogP contribution in [0.5, 0.6) is 0 Å². The van der Waals surface area contributed by atoms with E-state index < -0.39 is 0 Å². The molecule has 0 rings (SSSR count). The number of halogens is 1. The van der Waals surface area contributed by atoms with E-state index in [2.05, 4.69) is 20.8 Å². The van der Waals surface area contributed by atoms with Crippen molar-refractivity contribution in [3.63, 3.8) is 0 Å². The van der Waals surface area contributed by atoms with E-state index in [0.29, 0.717) is 0 Å². The predicted molar refractivity (Wildman–Crippen MR) is 43.0 cm³/mol. The molecule has 0 N–H and O–H groups in total. The summed E-state index contributed by atoms with van der Waals surface area (Å²) in [6.07, 6.45) is 0. The summed E-state index contributed by atoms with van der Waals surface area (Å²) in [6.45, 7) is 6.92. The Bertz CT molecular complexity index is 34.5. The smallest absolute Gasteiger partial charge is 1.00 e. The van der Waals surface area contributed by atoms with Crippen LogP contribution in [0.4, 0.5) is 0 Å². The second kappa shape index (κ2) is 12.2. The van der Waals surface area contributed by atoms with E-state index in [9.17, 15) is 0 Å². The molecule has 0 unspecified atom stereocenters. The molecular weight excluding hydrogens is 204 g/mol. The van der Waals surface area contributed by atoms with Crippen molar-refractivity contribution in [2.45, 2.75) is 38.9 Å². The Kier molecular flexibility index (Phi) is 22.7. The van der Waals surface area contributed by atoms with Gasteiger partial charge in [0, 0.05) is 0 Å². The maximum atomic E-state index is 2.31. The molecule has 0 fully saturated rings. The van der Waals surface area contributed by atoms with E-state index in [0.717, 1.165) is 0 Å². The van der Waals surface area contributed by atoms with Crippen LogP contribution in [0.3, 0.4) is 0 Å². The summed E-state index contributed by atoms with van der Waals surface area (Å²) in [4.78, 5) is 0. The van der Waals surface area contributed by atoms with Crippen LogP contribution in [-0.4, -0.2) is 31.8 Å². The van der Waals surface area contributed by atoms with Crippen LogP contribution in [0.1, 0.15) is 20.8 Å². The fourth-order valence-corrected chi connectivity index (χ4v) is 2.25. The number of hydrogen-bond donors (Lipinski definition) is 0. The predicted octanol–water partition coefficient (Wildman–Crippen LogP) is -0.836. The molecule has 0 aliphatic carbocycles. The van der Waals surface area contributed by atoms with E-state index in [1.54, 1.807) is 0 Å². The zero-order valence-corrected chi connectivity index (χ0v) is 10.7. The van der Waals surface area contributed by atoms with E-state index in [4.69, 9.17) is 0 Å². The third kappa shape index (κ3) is 9.46. The molecule has 0 aliphatic rings. The number of hydrogen-bond acceptors (Lipinski definition) is 0. The number of rotatable bonds is 3. The molecule has 0 saturated heterocycles.